The highest BCUT2D eigenvalue weighted by atomic mass is 16.4. The molecule has 0 bridgehead atoms. The molecule has 0 aliphatic heterocycles. The van der Waals surface area contributed by atoms with Gasteiger partial charge in [-0.25, -0.2) is 4.79 Å². The maximum atomic E-state index is 12.1. The van der Waals surface area contributed by atoms with Crippen molar-refractivity contribution in [2.75, 3.05) is 0 Å². The number of para-hydroxylation sites is 1. The van der Waals surface area contributed by atoms with Gasteiger partial charge in [-0.1, -0.05) is 32.0 Å². The third-order valence-electron chi connectivity index (χ3n) is 4.52. The predicted molar refractivity (Wildman–Crippen MR) is 104 cm³/mol. The number of nitrogens with one attached hydrogen (secondary N) is 1. The molecule has 0 radical (unpaired) electrons. The molecule has 1 heterocycles. The molecule has 0 spiro atoms. The van der Waals surface area contributed by atoms with E-state index in [1.54, 1.807) is 0 Å². The van der Waals surface area contributed by atoms with Crippen molar-refractivity contribution in [2.24, 2.45) is 5.92 Å². The van der Waals surface area contributed by atoms with Gasteiger partial charge < -0.3 is 15.0 Å². The number of aliphatic carboxylic acids is 1. The summed E-state index contributed by atoms with van der Waals surface area (Å²) >= 11 is 0. The molecule has 1 amide bonds. The normalized spacial score (nSPS) is 13.2. The van der Waals surface area contributed by atoms with Gasteiger partial charge in [-0.05, 0) is 44.7 Å². The van der Waals surface area contributed by atoms with Gasteiger partial charge in [-0.3, -0.25) is 4.79 Å². The molecule has 1 aromatic carbocycles. The van der Waals surface area contributed by atoms with E-state index in [4.69, 9.17) is 0 Å². The Morgan fingerprint density at radius 1 is 1.19 bits per heavy atom. The number of carbonyl (C=O) groups is 2. The maximum absolute atomic E-state index is 12.1. The lowest BCUT2D eigenvalue weighted by molar-refractivity contribution is -0.141. The van der Waals surface area contributed by atoms with Crippen LogP contribution in [0.15, 0.2) is 30.5 Å². The number of aromatic nitrogens is 1. The summed E-state index contributed by atoms with van der Waals surface area (Å²) in [5.41, 5.74) is 1.90. The number of hydrogen-bond donors (Lipinski definition) is 2. The van der Waals surface area contributed by atoms with Crippen molar-refractivity contribution in [1.82, 2.24) is 9.88 Å². The molecule has 1 unspecified atom stereocenters. The molecule has 2 N–H and O–H groups in total. The fraction of sp³-hybridized carbons (Fsp3) is 0.524. The molecule has 0 aliphatic rings. The lowest BCUT2D eigenvalue weighted by Gasteiger charge is -2.22. The molecule has 0 saturated heterocycles. The van der Waals surface area contributed by atoms with E-state index in [9.17, 15) is 14.7 Å². The molecule has 2 rings (SSSR count). The SMILES string of the molecule is CC(C)CCC(=O)NC(Cc1cn(C(C)(C)C)c2ccccc12)C(=O)O. The van der Waals surface area contributed by atoms with Crippen molar-refractivity contribution in [1.29, 1.82) is 0 Å². The van der Waals surface area contributed by atoms with Gasteiger partial charge in [0.1, 0.15) is 6.04 Å². The van der Waals surface area contributed by atoms with Crippen LogP contribution in [0.3, 0.4) is 0 Å². The van der Waals surface area contributed by atoms with Crippen molar-refractivity contribution in [2.45, 2.75) is 65.5 Å². The van der Waals surface area contributed by atoms with E-state index in [0.29, 0.717) is 12.3 Å². The Morgan fingerprint density at radius 2 is 1.85 bits per heavy atom. The third kappa shape index (κ3) is 4.87. The highest BCUT2D eigenvalue weighted by Crippen LogP contribution is 2.28. The van der Waals surface area contributed by atoms with Crippen LogP contribution in [-0.4, -0.2) is 27.6 Å². The van der Waals surface area contributed by atoms with Gasteiger partial charge in [0.25, 0.3) is 0 Å². The molecule has 2 aromatic rings. The maximum Gasteiger partial charge on any atom is 0.326 e. The summed E-state index contributed by atoms with van der Waals surface area (Å²) in [6.45, 7) is 10.4. The minimum atomic E-state index is -1.00. The van der Waals surface area contributed by atoms with Gasteiger partial charge in [0.15, 0.2) is 0 Å². The smallest absolute Gasteiger partial charge is 0.326 e. The Bertz CT molecular complexity index is 784. The molecular formula is C21H30N2O3. The average Bonchev–Trinajstić information content (AvgIpc) is 2.91. The van der Waals surface area contributed by atoms with E-state index in [0.717, 1.165) is 22.9 Å². The van der Waals surface area contributed by atoms with Gasteiger partial charge >= 0.3 is 5.97 Å². The summed E-state index contributed by atoms with van der Waals surface area (Å²) in [4.78, 5) is 23.8. The predicted octanol–water partition coefficient (Wildman–Crippen LogP) is 3.94. The van der Waals surface area contributed by atoms with Crippen molar-refractivity contribution >= 4 is 22.8 Å². The molecule has 142 valence electrons. The van der Waals surface area contributed by atoms with Crippen LogP contribution in [0.4, 0.5) is 0 Å². The lowest BCUT2D eigenvalue weighted by Crippen LogP contribution is -2.42. The van der Waals surface area contributed by atoms with E-state index in [2.05, 4.69) is 30.7 Å². The van der Waals surface area contributed by atoms with Crippen molar-refractivity contribution in [3.63, 3.8) is 0 Å². The summed E-state index contributed by atoms with van der Waals surface area (Å²) in [5, 5.41) is 13.3. The molecule has 0 saturated carbocycles. The Labute approximate surface area is 155 Å². The van der Waals surface area contributed by atoms with Crippen LogP contribution >= 0.6 is 0 Å². The largest absolute Gasteiger partial charge is 0.480 e. The fourth-order valence-electron chi connectivity index (χ4n) is 3.07. The van der Waals surface area contributed by atoms with Gasteiger partial charge in [0.2, 0.25) is 5.91 Å². The summed E-state index contributed by atoms with van der Waals surface area (Å²) in [6.07, 6.45) is 3.39. The average molecular weight is 358 g/mol. The van der Waals surface area contributed by atoms with Gasteiger partial charge in [0, 0.05) is 35.5 Å². The number of rotatable bonds is 7. The Morgan fingerprint density at radius 3 is 2.42 bits per heavy atom. The van der Waals surface area contributed by atoms with Crippen LogP contribution in [0.25, 0.3) is 10.9 Å². The molecule has 26 heavy (non-hydrogen) atoms. The van der Waals surface area contributed by atoms with E-state index in [1.807, 2.05) is 44.3 Å². The molecule has 1 aromatic heterocycles. The van der Waals surface area contributed by atoms with E-state index < -0.39 is 12.0 Å². The lowest BCUT2D eigenvalue weighted by atomic mass is 10.0. The van der Waals surface area contributed by atoms with Crippen molar-refractivity contribution in [3.05, 3.63) is 36.0 Å². The molecule has 5 nitrogen and oxygen atoms in total. The van der Waals surface area contributed by atoms with Crippen molar-refractivity contribution in [3.8, 4) is 0 Å². The van der Waals surface area contributed by atoms with Gasteiger partial charge in [0.05, 0.1) is 0 Å². The quantitative estimate of drug-likeness (QED) is 0.787. The number of fused-ring (bicyclic) bond motifs is 1. The zero-order valence-corrected chi connectivity index (χ0v) is 16.4. The Kier molecular flexibility index (Phi) is 6.11. The second-order valence-corrected chi connectivity index (χ2v) is 8.31. The highest BCUT2D eigenvalue weighted by molar-refractivity contribution is 5.87. The van der Waals surface area contributed by atoms with Crippen LogP contribution in [0.5, 0.6) is 0 Å². The van der Waals surface area contributed by atoms with Crippen LogP contribution in [-0.2, 0) is 21.5 Å². The van der Waals surface area contributed by atoms with Crippen LogP contribution in [0.1, 0.15) is 53.0 Å². The molecule has 5 heteroatoms. The number of amides is 1. The molecule has 0 fully saturated rings. The second kappa shape index (κ2) is 7.94. The third-order valence-corrected chi connectivity index (χ3v) is 4.52. The number of hydrogen-bond acceptors (Lipinski definition) is 2. The number of carbonyl (C=O) groups excluding carboxylic acids is 1. The number of carboxylic acid groups (broad SMARTS) is 1. The van der Waals surface area contributed by atoms with E-state index in [1.165, 1.54) is 0 Å². The molecular weight excluding hydrogens is 328 g/mol. The monoisotopic (exact) mass is 358 g/mol. The minimum absolute atomic E-state index is 0.114. The van der Waals surface area contributed by atoms with Gasteiger partial charge in [-0.15, -0.1) is 0 Å². The standard InChI is InChI=1S/C21H30N2O3/c1-14(2)10-11-19(24)22-17(20(25)26)12-15-13-23(21(3,4)5)18-9-7-6-8-16(15)18/h6-9,13-14,17H,10-12H2,1-5H3,(H,22,24)(H,25,26). The van der Waals surface area contributed by atoms with Crippen LogP contribution < -0.4 is 5.32 Å². The summed E-state index contributed by atoms with van der Waals surface area (Å²) in [5.74, 6) is -0.796. The zero-order valence-electron chi connectivity index (χ0n) is 16.4. The zero-order chi connectivity index (χ0) is 19.5. The summed E-state index contributed by atoms with van der Waals surface area (Å²) in [6, 6.07) is 7.06. The molecule has 0 aliphatic carbocycles. The first-order chi connectivity index (χ1) is 12.1. The molecule has 1 atom stereocenters. The second-order valence-electron chi connectivity index (χ2n) is 8.31. The summed E-state index contributed by atoms with van der Waals surface area (Å²) in [7, 11) is 0. The van der Waals surface area contributed by atoms with Crippen LogP contribution in [0, 0.1) is 5.92 Å². The van der Waals surface area contributed by atoms with E-state index >= 15 is 0 Å². The summed E-state index contributed by atoms with van der Waals surface area (Å²) < 4.78 is 2.16. The van der Waals surface area contributed by atoms with Crippen LogP contribution in [0.2, 0.25) is 0 Å². The fourth-order valence-corrected chi connectivity index (χ4v) is 3.07. The van der Waals surface area contributed by atoms with E-state index in [-0.39, 0.29) is 17.9 Å². The Hall–Kier alpha value is -2.30. The number of carboxylic acids is 1. The topological polar surface area (TPSA) is 71.3 Å². The number of benzene rings is 1. The minimum Gasteiger partial charge on any atom is -0.480 e. The Balaban J connectivity index is 2.26. The van der Waals surface area contributed by atoms with Gasteiger partial charge in [-0.2, -0.15) is 0 Å². The number of nitrogens with zero attached hydrogens (tertiary/aromatic N) is 1. The highest BCUT2D eigenvalue weighted by Gasteiger charge is 2.24. The first kappa shape index (κ1) is 20.0. The first-order valence-electron chi connectivity index (χ1n) is 9.21. The van der Waals surface area contributed by atoms with Crippen molar-refractivity contribution < 1.29 is 14.7 Å². The first-order valence-corrected chi connectivity index (χ1v) is 9.21.